The first kappa shape index (κ1) is 25.4. The Kier molecular flexibility index (Phi) is 6.66. The maximum absolute atomic E-state index is 14.1. The number of hydrazine groups is 1. The summed E-state index contributed by atoms with van der Waals surface area (Å²) in [6.07, 6.45) is 7.41. The Morgan fingerprint density at radius 3 is 2.43 bits per heavy atom. The van der Waals surface area contributed by atoms with E-state index in [1.165, 1.54) is 35.9 Å². The van der Waals surface area contributed by atoms with E-state index in [1.807, 2.05) is 0 Å². The van der Waals surface area contributed by atoms with Crippen LogP contribution in [0.3, 0.4) is 0 Å². The lowest BCUT2D eigenvalue weighted by Crippen LogP contribution is -2.50. The van der Waals surface area contributed by atoms with Crippen molar-refractivity contribution in [1.29, 1.82) is 0 Å². The molecule has 3 unspecified atom stereocenters. The van der Waals surface area contributed by atoms with E-state index in [0.29, 0.717) is 35.9 Å². The van der Waals surface area contributed by atoms with E-state index in [-0.39, 0.29) is 23.4 Å². The Labute approximate surface area is 216 Å². The van der Waals surface area contributed by atoms with Crippen molar-refractivity contribution in [2.75, 3.05) is 20.3 Å². The van der Waals surface area contributed by atoms with Gasteiger partial charge in [0, 0.05) is 37.6 Å². The van der Waals surface area contributed by atoms with E-state index in [2.05, 4.69) is 34.6 Å². The number of nitrogens with zero attached hydrogens (tertiary/aromatic N) is 4. The molecule has 4 aliphatic rings. The quantitative estimate of drug-likeness (QED) is 0.599. The smallest absolute Gasteiger partial charge is 0.296 e. The SMILES string of the molecule is C[C@@H]1CCN1Cc1cc(C(F)(F)F)c2cn(C3CCCC([C@@H](C4CCC4)C4NNCN4C)C3)c(=O)n2c1. The first-order valence-corrected chi connectivity index (χ1v) is 14.0. The van der Waals surface area contributed by atoms with E-state index in [9.17, 15) is 18.0 Å². The molecule has 4 heterocycles. The second kappa shape index (κ2) is 9.70. The van der Waals surface area contributed by atoms with Crippen LogP contribution in [0.2, 0.25) is 0 Å². The number of fused-ring (bicyclic) bond motifs is 1. The van der Waals surface area contributed by atoms with E-state index in [1.54, 1.807) is 10.8 Å². The van der Waals surface area contributed by atoms with Crippen molar-refractivity contribution in [3.8, 4) is 0 Å². The molecule has 6 rings (SSSR count). The first-order chi connectivity index (χ1) is 17.7. The summed E-state index contributed by atoms with van der Waals surface area (Å²) in [6.45, 7) is 4.19. The molecule has 0 spiro atoms. The minimum Gasteiger partial charge on any atom is -0.296 e. The Hall–Kier alpha value is -1.88. The summed E-state index contributed by atoms with van der Waals surface area (Å²) in [4.78, 5) is 18.1. The molecule has 37 heavy (non-hydrogen) atoms. The minimum atomic E-state index is -4.52. The number of nitrogens with one attached hydrogen (secondary N) is 2. The van der Waals surface area contributed by atoms with Crippen LogP contribution in [0.25, 0.3) is 5.52 Å². The lowest BCUT2D eigenvalue weighted by molar-refractivity contribution is -0.136. The molecule has 204 valence electrons. The first-order valence-electron chi connectivity index (χ1n) is 14.0. The van der Waals surface area contributed by atoms with Gasteiger partial charge in [0.05, 0.1) is 23.9 Å². The summed E-state index contributed by atoms with van der Waals surface area (Å²) in [5, 5.41) is 0. The topological polar surface area (TPSA) is 57.0 Å². The molecule has 2 aromatic rings. The lowest BCUT2D eigenvalue weighted by atomic mass is 9.65. The summed E-state index contributed by atoms with van der Waals surface area (Å²) in [6, 6.07) is 1.53. The van der Waals surface area contributed by atoms with E-state index < -0.39 is 11.7 Å². The molecular formula is C27H39F3N6O. The number of hydrogen-bond donors (Lipinski definition) is 2. The number of imidazole rings is 1. The summed E-state index contributed by atoms with van der Waals surface area (Å²) in [5.74, 6) is 1.57. The van der Waals surface area contributed by atoms with Gasteiger partial charge in [-0.3, -0.25) is 18.8 Å². The zero-order valence-electron chi connectivity index (χ0n) is 21.8. The van der Waals surface area contributed by atoms with Crippen LogP contribution in [-0.2, 0) is 12.7 Å². The number of likely N-dealkylation sites (tertiary alicyclic amines) is 1. The number of halogens is 3. The molecule has 0 radical (unpaired) electrons. The molecule has 2 saturated heterocycles. The molecule has 0 aromatic carbocycles. The van der Waals surface area contributed by atoms with Gasteiger partial charge in [0.1, 0.15) is 0 Å². The Morgan fingerprint density at radius 2 is 1.84 bits per heavy atom. The maximum Gasteiger partial charge on any atom is 0.418 e. The number of aromatic nitrogens is 2. The predicted molar refractivity (Wildman–Crippen MR) is 136 cm³/mol. The Morgan fingerprint density at radius 1 is 1.08 bits per heavy atom. The highest BCUT2D eigenvalue weighted by Gasteiger charge is 2.44. The van der Waals surface area contributed by atoms with Gasteiger partial charge in [-0.05, 0) is 69.0 Å². The second-order valence-electron chi connectivity index (χ2n) is 12.0. The van der Waals surface area contributed by atoms with Gasteiger partial charge < -0.3 is 0 Å². The normalized spacial score (nSPS) is 30.9. The molecular weight excluding hydrogens is 481 g/mol. The van der Waals surface area contributed by atoms with Crippen LogP contribution in [0.5, 0.6) is 0 Å². The van der Waals surface area contributed by atoms with E-state index >= 15 is 0 Å². The van der Waals surface area contributed by atoms with Gasteiger partial charge in [-0.1, -0.05) is 25.7 Å². The van der Waals surface area contributed by atoms with Crippen LogP contribution < -0.4 is 16.5 Å². The van der Waals surface area contributed by atoms with Crippen molar-refractivity contribution in [2.45, 2.75) is 89.3 Å². The van der Waals surface area contributed by atoms with Crippen molar-refractivity contribution in [3.63, 3.8) is 0 Å². The van der Waals surface area contributed by atoms with Crippen molar-refractivity contribution in [2.24, 2.45) is 17.8 Å². The van der Waals surface area contributed by atoms with Crippen LogP contribution in [0.15, 0.2) is 23.3 Å². The Balaban J connectivity index is 1.32. The summed E-state index contributed by atoms with van der Waals surface area (Å²) >= 11 is 0. The highest BCUT2D eigenvalue weighted by molar-refractivity contribution is 5.56. The third kappa shape index (κ3) is 4.64. The number of pyridine rings is 1. The summed E-state index contributed by atoms with van der Waals surface area (Å²) in [5.41, 5.74) is 6.20. The summed E-state index contributed by atoms with van der Waals surface area (Å²) < 4.78 is 45.3. The van der Waals surface area contributed by atoms with Crippen LogP contribution in [0, 0.1) is 17.8 Å². The second-order valence-corrected chi connectivity index (χ2v) is 12.0. The van der Waals surface area contributed by atoms with Gasteiger partial charge in [-0.2, -0.15) is 13.2 Å². The van der Waals surface area contributed by atoms with Crippen molar-refractivity contribution >= 4 is 5.52 Å². The number of rotatable bonds is 6. The third-order valence-corrected chi connectivity index (χ3v) is 9.73. The fraction of sp³-hybridized carbons (Fsp3) is 0.741. The van der Waals surface area contributed by atoms with Crippen LogP contribution in [0.1, 0.15) is 75.5 Å². The van der Waals surface area contributed by atoms with Crippen LogP contribution in [-0.4, -0.2) is 51.2 Å². The summed E-state index contributed by atoms with van der Waals surface area (Å²) in [7, 11) is 2.13. The molecule has 2 saturated carbocycles. The van der Waals surface area contributed by atoms with E-state index in [4.69, 9.17) is 0 Å². The average molecular weight is 521 g/mol. The van der Waals surface area contributed by atoms with Gasteiger partial charge in [-0.25, -0.2) is 15.6 Å². The highest BCUT2D eigenvalue weighted by atomic mass is 19.4. The van der Waals surface area contributed by atoms with Crippen LogP contribution >= 0.6 is 0 Å². The Bertz CT molecular complexity index is 1190. The van der Waals surface area contributed by atoms with Gasteiger partial charge in [0.25, 0.3) is 0 Å². The molecule has 2 aliphatic heterocycles. The lowest BCUT2D eigenvalue weighted by Gasteiger charge is -2.46. The standard InChI is InChI=1S/C27H39F3N6O/c1-17-9-10-34(17)13-18-11-22(27(28,29)30)23-15-35(26(37)36(23)14-18)21-8-4-7-20(12-21)24(19-5-3-6-19)25-32-31-16-33(25)2/h11,14-15,17,19-21,24-25,31-32H,3-10,12-13,16H2,1-2H3/t17-,20?,21?,24-,25?/m1/s1. The van der Waals surface area contributed by atoms with Crippen molar-refractivity contribution < 1.29 is 13.2 Å². The molecule has 0 bridgehead atoms. The van der Waals surface area contributed by atoms with E-state index in [0.717, 1.165) is 45.3 Å². The van der Waals surface area contributed by atoms with Gasteiger partial charge in [0.15, 0.2) is 0 Å². The molecule has 10 heteroatoms. The fourth-order valence-corrected chi connectivity index (χ4v) is 7.28. The number of alkyl halides is 3. The van der Waals surface area contributed by atoms with Gasteiger partial charge >= 0.3 is 11.9 Å². The zero-order valence-corrected chi connectivity index (χ0v) is 21.8. The molecule has 2 N–H and O–H groups in total. The monoisotopic (exact) mass is 520 g/mol. The number of hydrogen-bond acceptors (Lipinski definition) is 5. The van der Waals surface area contributed by atoms with Crippen molar-refractivity contribution in [1.82, 2.24) is 29.6 Å². The van der Waals surface area contributed by atoms with Gasteiger partial charge in [0.2, 0.25) is 0 Å². The average Bonchev–Trinajstić information content (AvgIpc) is 3.40. The largest absolute Gasteiger partial charge is 0.418 e. The third-order valence-electron chi connectivity index (χ3n) is 9.73. The molecule has 7 nitrogen and oxygen atoms in total. The molecule has 0 amide bonds. The minimum absolute atomic E-state index is 0.0306. The highest BCUT2D eigenvalue weighted by Crippen LogP contribution is 2.47. The molecule has 4 fully saturated rings. The molecule has 2 aliphatic carbocycles. The fourth-order valence-electron chi connectivity index (χ4n) is 7.28. The molecule has 2 aromatic heterocycles. The van der Waals surface area contributed by atoms with Crippen LogP contribution in [0.4, 0.5) is 13.2 Å². The zero-order chi connectivity index (χ0) is 25.9. The van der Waals surface area contributed by atoms with Crippen molar-refractivity contribution in [3.05, 3.63) is 40.1 Å². The maximum atomic E-state index is 14.1. The molecule has 5 atom stereocenters. The van der Waals surface area contributed by atoms with Gasteiger partial charge in [-0.15, -0.1) is 0 Å². The predicted octanol–water partition coefficient (Wildman–Crippen LogP) is 4.18.